The first-order chi connectivity index (χ1) is 10.1. The number of aromatic nitrogens is 3. The fourth-order valence-corrected chi connectivity index (χ4v) is 3.01. The number of hydrogen-bond donors (Lipinski definition) is 1. The number of rotatable bonds is 2. The molecule has 0 bridgehead atoms. The number of nitrogens with zero attached hydrogens (tertiary/aromatic N) is 3. The van der Waals surface area contributed by atoms with Crippen molar-refractivity contribution in [2.24, 2.45) is 0 Å². The van der Waals surface area contributed by atoms with Crippen LogP contribution in [0.25, 0.3) is 11.5 Å². The van der Waals surface area contributed by atoms with Gasteiger partial charge in [-0.3, -0.25) is 4.98 Å². The van der Waals surface area contributed by atoms with Gasteiger partial charge in [0.2, 0.25) is 11.7 Å². The number of hydrogen-bond acceptors (Lipinski definition) is 5. The fourth-order valence-electron chi connectivity index (χ4n) is 3.01. The Balaban J connectivity index is 1.88. The molecule has 0 aromatic carbocycles. The van der Waals surface area contributed by atoms with Gasteiger partial charge >= 0.3 is 0 Å². The molecule has 2 aromatic rings. The maximum atomic E-state index is 10.2. The van der Waals surface area contributed by atoms with Gasteiger partial charge in [0.05, 0.1) is 12.0 Å². The summed E-state index contributed by atoms with van der Waals surface area (Å²) in [5.74, 6) is 1.01. The minimum absolute atomic E-state index is 0.0421. The Hall–Kier alpha value is -1.75. The maximum Gasteiger partial charge on any atom is 0.232 e. The SMILES string of the molecule is Cc1cnc(-c2noc(C3CCCCCC3O)n2)c(C)c1. The Kier molecular flexibility index (Phi) is 4.01. The molecule has 112 valence electrons. The molecule has 0 saturated heterocycles. The minimum Gasteiger partial charge on any atom is -0.392 e. The molecule has 1 aliphatic carbocycles. The van der Waals surface area contributed by atoms with Crippen LogP contribution in [0.3, 0.4) is 0 Å². The van der Waals surface area contributed by atoms with Gasteiger partial charge < -0.3 is 9.63 Å². The summed E-state index contributed by atoms with van der Waals surface area (Å²) in [5.41, 5.74) is 2.89. The number of pyridine rings is 1. The third-order valence-electron chi connectivity index (χ3n) is 4.17. The molecule has 1 N–H and O–H groups in total. The smallest absolute Gasteiger partial charge is 0.232 e. The molecule has 21 heavy (non-hydrogen) atoms. The quantitative estimate of drug-likeness (QED) is 0.859. The highest BCUT2D eigenvalue weighted by Gasteiger charge is 2.28. The summed E-state index contributed by atoms with van der Waals surface area (Å²) in [5, 5.41) is 14.3. The van der Waals surface area contributed by atoms with Gasteiger partial charge in [0.15, 0.2) is 0 Å². The van der Waals surface area contributed by atoms with Crippen molar-refractivity contribution in [2.75, 3.05) is 0 Å². The summed E-state index contributed by atoms with van der Waals surface area (Å²) in [4.78, 5) is 8.88. The van der Waals surface area contributed by atoms with Gasteiger partial charge in [-0.15, -0.1) is 0 Å². The Morgan fingerprint density at radius 3 is 2.81 bits per heavy atom. The van der Waals surface area contributed by atoms with E-state index in [1.165, 1.54) is 0 Å². The largest absolute Gasteiger partial charge is 0.392 e. The van der Waals surface area contributed by atoms with Crippen LogP contribution in [0, 0.1) is 13.8 Å². The zero-order chi connectivity index (χ0) is 14.8. The number of aliphatic hydroxyl groups excluding tert-OH is 1. The highest BCUT2D eigenvalue weighted by molar-refractivity contribution is 5.54. The van der Waals surface area contributed by atoms with Crippen molar-refractivity contribution in [2.45, 2.75) is 58.0 Å². The minimum atomic E-state index is -0.382. The van der Waals surface area contributed by atoms with Gasteiger partial charge in [-0.05, 0) is 37.8 Å². The normalized spacial score (nSPS) is 23.0. The van der Waals surface area contributed by atoms with Crippen molar-refractivity contribution >= 4 is 0 Å². The first kappa shape index (κ1) is 14.2. The van der Waals surface area contributed by atoms with E-state index in [1.807, 2.05) is 13.8 Å². The van der Waals surface area contributed by atoms with Crippen molar-refractivity contribution in [1.29, 1.82) is 0 Å². The molecular weight excluding hydrogens is 266 g/mol. The van der Waals surface area contributed by atoms with Crippen LogP contribution >= 0.6 is 0 Å². The third kappa shape index (κ3) is 2.97. The van der Waals surface area contributed by atoms with Crippen LogP contribution in [-0.2, 0) is 0 Å². The van der Waals surface area contributed by atoms with Crippen LogP contribution in [0.2, 0.25) is 0 Å². The standard InChI is InChI=1S/C16H21N3O2/c1-10-8-11(2)14(17-9-10)15-18-16(21-19-15)12-6-4-3-5-7-13(12)20/h8-9,12-13,20H,3-7H2,1-2H3. The van der Waals surface area contributed by atoms with Crippen LogP contribution in [0.1, 0.15) is 55.0 Å². The Labute approximate surface area is 124 Å². The Morgan fingerprint density at radius 2 is 2.00 bits per heavy atom. The maximum absolute atomic E-state index is 10.2. The van der Waals surface area contributed by atoms with Gasteiger partial charge in [-0.25, -0.2) is 0 Å². The molecular formula is C16H21N3O2. The van der Waals surface area contributed by atoms with Crippen molar-refractivity contribution in [3.63, 3.8) is 0 Å². The second kappa shape index (κ2) is 5.93. The Bertz CT molecular complexity index is 624. The number of aryl methyl sites for hydroxylation is 2. The van der Waals surface area contributed by atoms with Crippen LogP contribution in [-0.4, -0.2) is 26.3 Å². The average Bonchev–Trinajstić information content (AvgIpc) is 2.82. The molecule has 0 aliphatic heterocycles. The zero-order valence-electron chi connectivity index (χ0n) is 12.5. The fraction of sp³-hybridized carbons (Fsp3) is 0.562. The summed E-state index contributed by atoms with van der Waals surface area (Å²) in [6.45, 7) is 4.00. The van der Waals surface area contributed by atoms with Crippen molar-refractivity contribution < 1.29 is 9.63 Å². The van der Waals surface area contributed by atoms with E-state index in [0.29, 0.717) is 11.7 Å². The third-order valence-corrected chi connectivity index (χ3v) is 4.17. The van der Waals surface area contributed by atoms with E-state index in [2.05, 4.69) is 21.2 Å². The molecule has 0 radical (unpaired) electrons. The van der Waals surface area contributed by atoms with Crippen molar-refractivity contribution in [3.8, 4) is 11.5 Å². The summed E-state index contributed by atoms with van der Waals surface area (Å²) in [7, 11) is 0. The van der Waals surface area contributed by atoms with Gasteiger partial charge in [-0.2, -0.15) is 4.98 Å². The van der Waals surface area contributed by atoms with Crippen molar-refractivity contribution in [3.05, 3.63) is 29.3 Å². The van der Waals surface area contributed by atoms with E-state index < -0.39 is 0 Å². The monoisotopic (exact) mass is 287 g/mol. The predicted octanol–water partition coefficient (Wildman–Crippen LogP) is 3.16. The van der Waals surface area contributed by atoms with Gasteiger partial charge in [0.1, 0.15) is 5.69 Å². The molecule has 2 heterocycles. The highest BCUT2D eigenvalue weighted by Crippen LogP contribution is 2.32. The molecule has 5 nitrogen and oxygen atoms in total. The van der Waals surface area contributed by atoms with Gasteiger partial charge in [0, 0.05) is 6.20 Å². The first-order valence-corrected chi connectivity index (χ1v) is 7.60. The van der Waals surface area contributed by atoms with E-state index >= 15 is 0 Å². The lowest BCUT2D eigenvalue weighted by Gasteiger charge is -2.15. The molecule has 0 amide bonds. The molecule has 1 fully saturated rings. The van der Waals surface area contributed by atoms with E-state index in [4.69, 9.17) is 4.52 Å². The predicted molar refractivity (Wildman–Crippen MR) is 78.8 cm³/mol. The highest BCUT2D eigenvalue weighted by atomic mass is 16.5. The molecule has 0 spiro atoms. The molecule has 2 aromatic heterocycles. The van der Waals surface area contributed by atoms with E-state index in [1.54, 1.807) is 6.20 Å². The molecule has 1 aliphatic rings. The van der Waals surface area contributed by atoms with Crippen LogP contribution < -0.4 is 0 Å². The van der Waals surface area contributed by atoms with Crippen LogP contribution in [0.4, 0.5) is 0 Å². The van der Waals surface area contributed by atoms with Crippen LogP contribution in [0.15, 0.2) is 16.8 Å². The number of aliphatic hydroxyl groups is 1. The lowest BCUT2D eigenvalue weighted by atomic mass is 9.97. The Morgan fingerprint density at radius 1 is 1.19 bits per heavy atom. The van der Waals surface area contributed by atoms with Gasteiger partial charge in [0.25, 0.3) is 0 Å². The van der Waals surface area contributed by atoms with E-state index in [0.717, 1.165) is 48.9 Å². The molecule has 3 rings (SSSR count). The van der Waals surface area contributed by atoms with Crippen LogP contribution in [0.5, 0.6) is 0 Å². The summed E-state index contributed by atoms with van der Waals surface area (Å²) in [6.07, 6.45) is 6.46. The molecule has 1 saturated carbocycles. The second-order valence-electron chi connectivity index (χ2n) is 5.95. The van der Waals surface area contributed by atoms with E-state index in [9.17, 15) is 5.11 Å². The average molecular weight is 287 g/mol. The second-order valence-corrected chi connectivity index (χ2v) is 5.95. The lowest BCUT2D eigenvalue weighted by molar-refractivity contribution is 0.119. The zero-order valence-corrected chi connectivity index (χ0v) is 12.5. The van der Waals surface area contributed by atoms with E-state index in [-0.39, 0.29) is 12.0 Å². The molecule has 2 atom stereocenters. The molecule has 2 unspecified atom stereocenters. The van der Waals surface area contributed by atoms with Crippen molar-refractivity contribution in [1.82, 2.24) is 15.1 Å². The first-order valence-electron chi connectivity index (χ1n) is 7.60. The molecule has 5 heteroatoms. The summed E-state index contributed by atoms with van der Waals surface area (Å²) < 4.78 is 5.41. The van der Waals surface area contributed by atoms with Gasteiger partial charge in [-0.1, -0.05) is 30.5 Å². The topological polar surface area (TPSA) is 72.0 Å². The summed E-state index contributed by atoms with van der Waals surface area (Å²) in [6, 6.07) is 2.05. The lowest BCUT2D eigenvalue weighted by Crippen LogP contribution is -2.17. The summed E-state index contributed by atoms with van der Waals surface area (Å²) >= 11 is 0.